The number of carbonyl (C=O) groups excluding carboxylic acids is 2. The first-order valence-electron chi connectivity index (χ1n) is 10.3. The minimum absolute atomic E-state index is 0.0865. The summed E-state index contributed by atoms with van der Waals surface area (Å²) in [6, 6.07) is -0.0865. The van der Waals surface area contributed by atoms with Crippen molar-refractivity contribution < 1.29 is 14.3 Å². The predicted molar refractivity (Wildman–Crippen MR) is 99.9 cm³/mol. The van der Waals surface area contributed by atoms with Gasteiger partial charge in [0.05, 0.1) is 25.8 Å². The summed E-state index contributed by atoms with van der Waals surface area (Å²) in [5.74, 6) is 0.486. The summed E-state index contributed by atoms with van der Waals surface area (Å²) in [7, 11) is 0. The van der Waals surface area contributed by atoms with Crippen LogP contribution in [0.15, 0.2) is 0 Å². The maximum absolute atomic E-state index is 12.7. The number of ether oxygens (including phenoxy) is 1. The lowest BCUT2D eigenvalue weighted by atomic mass is 10.2. The minimum atomic E-state index is -0.0865. The molecule has 1 unspecified atom stereocenters. The Labute approximate surface area is 157 Å². The molecule has 148 valence electrons. The molecular formula is C19H34N4O3. The molecule has 3 aliphatic rings. The van der Waals surface area contributed by atoms with Gasteiger partial charge < -0.3 is 14.5 Å². The van der Waals surface area contributed by atoms with Crippen molar-refractivity contribution in [2.75, 3.05) is 72.1 Å². The van der Waals surface area contributed by atoms with E-state index in [4.69, 9.17) is 4.74 Å². The van der Waals surface area contributed by atoms with Crippen molar-refractivity contribution in [1.29, 1.82) is 0 Å². The standard InChI is InChI=1S/C19H34N4O3/c1-17(19(25)23-12-14-26-15-13-23)21-10-8-20(9-11-21)16-18(24)22-6-4-2-3-5-7-22/h17H,2-16H2,1H3. The fourth-order valence-electron chi connectivity index (χ4n) is 4.12. The van der Waals surface area contributed by atoms with Crippen LogP contribution in [0.5, 0.6) is 0 Å². The molecule has 0 N–H and O–H groups in total. The van der Waals surface area contributed by atoms with Gasteiger partial charge in [-0.05, 0) is 19.8 Å². The zero-order valence-electron chi connectivity index (χ0n) is 16.2. The van der Waals surface area contributed by atoms with Gasteiger partial charge in [-0.3, -0.25) is 19.4 Å². The first-order chi connectivity index (χ1) is 12.6. The summed E-state index contributed by atoms with van der Waals surface area (Å²) < 4.78 is 5.33. The highest BCUT2D eigenvalue weighted by Gasteiger charge is 2.30. The Kier molecular flexibility index (Phi) is 7.28. The molecule has 0 aromatic carbocycles. The number of carbonyl (C=O) groups is 2. The van der Waals surface area contributed by atoms with Crippen LogP contribution in [0.2, 0.25) is 0 Å². The number of amides is 2. The molecule has 1 atom stereocenters. The normalized spacial score (nSPS) is 25.0. The van der Waals surface area contributed by atoms with Gasteiger partial charge in [-0.2, -0.15) is 0 Å². The lowest BCUT2D eigenvalue weighted by Crippen LogP contribution is -2.56. The van der Waals surface area contributed by atoms with Crippen LogP contribution in [0.25, 0.3) is 0 Å². The molecule has 26 heavy (non-hydrogen) atoms. The van der Waals surface area contributed by atoms with Crippen molar-refractivity contribution in [1.82, 2.24) is 19.6 Å². The molecule has 3 aliphatic heterocycles. The van der Waals surface area contributed by atoms with E-state index >= 15 is 0 Å². The monoisotopic (exact) mass is 366 g/mol. The van der Waals surface area contributed by atoms with Gasteiger partial charge in [0.25, 0.3) is 0 Å². The van der Waals surface area contributed by atoms with E-state index in [-0.39, 0.29) is 17.9 Å². The molecule has 3 fully saturated rings. The number of hydrogen-bond acceptors (Lipinski definition) is 5. The second-order valence-corrected chi connectivity index (χ2v) is 7.72. The van der Waals surface area contributed by atoms with Crippen LogP contribution < -0.4 is 0 Å². The van der Waals surface area contributed by atoms with Crippen LogP contribution in [-0.2, 0) is 14.3 Å². The van der Waals surface area contributed by atoms with Gasteiger partial charge in [-0.1, -0.05) is 12.8 Å². The molecule has 7 nitrogen and oxygen atoms in total. The molecule has 0 aromatic heterocycles. The molecule has 2 amide bonds. The minimum Gasteiger partial charge on any atom is -0.378 e. The van der Waals surface area contributed by atoms with E-state index in [1.165, 1.54) is 12.8 Å². The Hall–Kier alpha value is -1.18. The fraction of sp³-hybridized carbons (Fsp3) is 0.895. The van der Waals surface area contributed by atoms with Crippen LogP contribution in [-0.4, -0.2) is 110 Å². The van der Waals surface area contributed by atoms with E-state index in [0.717, 1.165) is 52.1 Å². The Morgan fingerprint density at radius 2 is 1.42 bits per heavy atom. The summed E-state index contributed by atoms with van der Waals surface area (Å²) in [4.78, 5) is 33.7. The van der Waals surface area contributed by atoms with Crippen LogP contribution in [0.4, 0.5) is 0 Å². The third kappa shape index (κ3) is 5.18. The lowest BCUT2D eigenvalue weighted by molar-refractivity contribution is -0.142. The van der Waals surface area contributed by atoms with Crippen LogP contribution in [0, 0.1) is 0 Å². The number of likely N-dealkylation sites (tertiary alicyclic amines) is 1. The quantitative estimate of drug-likeness (QED) is 0.714. The van der Waals surface area contributed by atoms with Crippen molar-refractivity contribution in [3.8, 4) is 0 Å². The molecule has 7 heteroatoms. The first kappa shape index (κ1) is 19.6. The van der Waals surface area contributed by atoms with E-state index in [9.17, 15) is 9.59 Å². The summed E-state index contributed by atoms with van der Waals surface area (Å²) in [5, 5.41) is 0. The molecule has 0 aliphatic carbocycles. The average molecular weight is 367 g/mol. The summed E-state index contributed by atoms with van der Waals surface area (Å²) in [6.07, 6.45) is 4.77. The topological polar surface area (TPSA) is 56.3 Å². The molecule has 3 rings (SSSR count). The van der Waals surface area contributed by atoms with E-state index in [0.29, 0.717) is 32.8 Å². The second-order valence-electron chi connectivity index (χ2n) is 7.72. The molecular weight excluding hydrogens is 332 g/mol. The average Bonchev–Trinajstić information content (AvgIpc) is 2.98. The number of piperazine rings is 1. The van der Waals surface area contributed by atoms with Gasteiger partial charge in [0, 0.05) is 52.4 Å². The van der Waals surface area contributed by atoms with E-state index in [1.807, 2.05) is 16.7 Å². The Bertz CT molecular complexity index is 465. The van der Waals surface area contributed by atoms with E-state index in [2.05, 4.69) is 9.80 Å². The molecule has 3 heterocycles. The molecule has 0 bridgehead atoms. The van der Waals surface area contributed by atoms with Crippen molar-refractivity contribution in [3.63, 3.8) is 0 Å². The van der Waals surface area contributed by atoms with Crippen LogP contribution in [0.3, 0.4) is 0 Å². The van der Waals surface area contributed by atoms with Gasteiger partial charge >= 0.3 is 0 Å². The largest absolute Gasteiger partial charge is 0.378 e. The molecule has 0 spiro atoms. The zero-order chi connectivity index (χ0) is 18.4. The maximum Gasteiger partial charge on any atom is 0.239 e. The number of hydrogen-bond donors (Lipinski definition) is 0. The number of morpholine rings is 1. The van der Waals surface area contributed by atoms with E-state index < -0.39 is 0 Å². The van der Waals surface area contributed by atoms with Gasteiger partial charge in [0.1, 0.15) is 0 Å². The smallest absolute Gasteiger partial charge is 0.239 e. The van der Waals surface area contributed by atoms with Crippen molar-refractivity contribution in [3.05, 3.63) is 0 Å². The number of nitrogens with zero attached hydrogens (tertiary/aromatic N) is 4. The Balaban J connectivity index is 1.41. The van der Waals surface area contributed by atoms with Gasteiger partial charge in [-0.25, -0.2) is 0 Å². The summed E-state index contributed by atoms with van der Waals surface area (Å²) in [6.45, 7) is 10.5. The van der Waals surface area contributed by atoms with Gasteiger partial charge in [0.2, 0.25) is 11.8 Å². The molecule has 0 aromatic rings. The third-order valence-electron chi connectivity index (χ3n) is 5.95. The molecule has 3 saturated heterocycles. The SMILES string of the molecule is CC(C(=O)N1CCOCC1)N1CCN(CC(=O)N2CCCCCC2)CC1. The van der Waals surface area contributed by atoms with Crippen molar-refractivity contribution in [2.45, 2.75) is 38.6 Å². The highest BCUT2D eigenvalue weighted by atomic mass is 16.5. The second kappa shape index (κ2) is 9.67. The highest BCUT2D eigenvalue weighted by Crippen LogP contribution is 2.13. The number of rotatable bonds is 4. The maximum atomic E-state index is 12.7. The van der Waals surface area contributed by atoms with Crippen LogP contribution in [0.1, 0.15) is 32.6 Å². The Morgan fingerprint density at radius 3 is 2.04 bits per heavy atom. The van der Waals surface area contributed by atoms with E-state index in [1.54, 1.807) is 0 Å². The Morgan fingerprint density at radius 1 is 0.808 bits per heavy atom. The molecule has 0 radical (unpaired) electrons. The predicted octanol–water partition coefficient (Wildman–Crippen LogP) is 0.254. The fourth-order valence-corrected chi connectivity index (χ4v) is 4.12. The third-order valence-corrected chi connectivity index (χ3v) is 5.95. The van der Waals surface area contributed by atoms with Gasteiger partial charge in [0.15, 0.2) is 0 Å². The highest BCUT2D eigenvalue weighted by molar-refractivity contribution is 5.81. The lowest BCUT2D eigenvalue weighted by Gasteiger charge is -2.39. The first-order valence-corrected chi connectivity index (χ1v) is 10.3. The summed E-state index contributed by atoms with van der Waals surface area (Å²) >= 11 is 0. The van der Waals surface area contributed by atoms with Crippen LogP contribution >= 0.6 is 0 Å². The molecule has 0 saturated carbocycles. The summed E-state index contributed by atoms with van der Waals surface area (Å²) in [5.41, 5.74) is 0. The van der Waals surface area contributed by atoms with Crippen molar-refractivity contribution >= 4 is 11.8 Å². The van der Waals surface area contributed by atoms with Crippen molar-refractivity contribution in [2.24, 2.45) is 0 Å². The zero-order valence-corrected chi connectivity index (χ0v) is 16.2. The van der Waals surface area contributed by atoms with Gasteiger partial charge in [-0.15, -0.1) is 0 Å².